The number of rotatable bonds is 8. The number of hydrogen-bond donors (Lipinski definition) is 1. The molecule has 8 nitrogen and oxygen atoms in total. The first-order valence-electron chi connectivity index (χ1n) is 10.3. The molecule has 0 radical (unpaired) electrons. The SMILES string of the molecule is COC(=O)COc1cc(-c2ccccc2)nc2ccc(NS(=O)(=O)c3ccc(OC)cc3)cc12. The fourth-order valence-corrected chi connectivity index (χ4v) is 4.35. The minimum Gasteiger partial charge on any atom is -0.497 e. The van der Waals surface area contributed by atoms with Crippen molar-refractivity contribution in [3.05, 3.63) is 78.9 Å². The van der Waals surface area contributed by atoms with Crippen LogP contribution in [0.2, 0.25) is 0 Å². The summed E-state index contributed by atoms with van der Waals surface area (Å²) in [7, 11) is -1.06. The predicted molar refractivity (Wildman–Crippen MR) is 128 cm³/mol. The number of benzene rings is 3. The van der Waals surface area contributed by atoms with Gasteiger partial charge in [-0.1, -0.05) is 30.3 Å². The van der Waals surface area contributed by atoms with Crippen molar-refractivity contribution < 1.29 is 27.4 Å². The van der Waals surface area contributed by atoms with E-state index in [1.807, 2.05) is 30.3 Å². The molecule has 0 amide bonds. The van der Waals surface area contributed by atoms with E-state index < -0.39 is 16.0 Å². The lowest BCUT2D eigenvalue weighted by Crippen LogP contribution is -2.14. The molecule has 34 heavy (non-hydrogen) atoms. The van der Waals surface area contributed by atoms with Gasteiger partial charge in [-0.05, 0) is 42.5 Å². The number of esters is 1. The number of ether oxygens (including phenoxy) is 3. The van der Waals surface area contributed by atoms with Crippen LogP contribution in [0.4, 0.5) is 5.69 Å². The summed E-state index contributed by atoms with van der Waals surface area (Å²) in [4.78, 5) is 16.4. The van der Waals surface area contributed by atoms with Gasteiger partial charge in [0.2, 0.25) is 0 Å². The van der Waals surface area contributed by atoms with Crippen LogP contribution in [0.5, 0.6) is 11.5 Å². The third-order valence-electron chi connectivity index (χ3n) is 5.04. The molecule has 0 aliphatic heterocycles. The van der Waals surface area contributed by atoms with E-state index in [-0.39, 0.29) is 11.5 Å². The zero-order chi connectivity index (χ0) is 24.1. The van der Waals surface area contributed by atoms with Gasteiger partial charge in [-0.15, -0.1) is 0 Å². The quantitative estimate of drug-likeness (QED) is 0.377. The largest absolute Gasteiger partial charge is 0.497 e. The van der Waals surface area contributed by atoms with E-state index in [0.29, 0.717) is 33.8 Å². The van der Waals surface area contributed by atoms with Crippen molar-refractivity contribution in [3.63, 3.8) is 0 Å². The van der Waals surface area contributed by atoms with Gasteiger partial charge < -0.3 is 14.2 Å². The number of methoxy groups -OCH3 is 2. The Balaban J connectivity index is 1.72. The van der Waals surface area contributed by atoms with E-state index in [1.165, 1.54) is 26.4 Å². The molecule has 1 heterocycles. The number of pyridine rings is 1. The number of hydrogen-bond acceptors (Lipinski definition) is 7. The molecule has 0 fully saturated rings. The molecule has 0 unspecified atom stereocenters. The molecule has 1 aromatic heterocycles. The molecule has 0 saturated carbocycles. The van der Waals surface area contributed by atoms with Crippen LogP contribution in [0.15, 0.2) is 83.8 Å². The lowest BCUT2D eigenvalue weighted by molar-refractivity contribution is -0.142. The third-order valence-corrected chi connectivity index (χ3v) is 6.43. The number of nitrogens with zero attached hydrogens (tertiary/aromatic N) is 1. The number of aromatic nitrogens is 1. The van der Waals surface area contributed by atoms with Crippen LogP contribution in [0.1, 0.15) is 0 Å². The van der Waals surface area contributed by atoms with Gasteiger partial charge in [0.15, 0.2) is 6.61 Å². The van der Waals surface area contributed by atoms with Gasteiger partial charge in [0.05, 0.1) is 30.3 Å². The summed E-state index contributed by atoms with van der Waals surface area (Å²) < 4.78 is 43.8. The van der Waals surface area contributed by atoms with Crippen molar-refractivity contribution in [1.29, 1.82) is 0 Å². The molecule has 0 atom stereocenters. The minimum atomic E-state index is -3.84. The topological polar surface area (TPSA) is 104 Å². The highest BCUT2D eigenvalue weighted by Gasteiger charge is 2.16. The average molecular weight is 479 g/mol. The molecule has 0 aliphatic carbocycles. The van der Waals surface area contributed by atoms with Gasteiger partial charge in [0.25, 0.3) is 10.0 Å². The molecule has 9 heteroatoms. The predicted octanol–water partition coefficient (Wildman–Crippen LogP) is 4.26. The second-order valence-corrected chi connectivity index (χ2v) is 8.93. The van der Waals surface area contributed by atoms with Crippen LogP contribution in [0, 0.1) is 0 Å². The molecule has 174 valence electrons. The molecule has 0 bridgehead atoms. The number of nitrogens with one attached hydrogen (secondary N) is 1. The first-order chi connectivity index (χ1) is 16.4. The summed E-state index contributed by atoms with van der Waals surface area (Å²) in [6.07, 6.45) is 0. The van der Waals surface area contributed by atoms with Crippen molar-refractivity contribution in [2.75, 3.05) is 25.5 Å². The summed E-state index contributed by atoms with van der Waals surface area (Å²) in [5, 5.41) is 0.540. The van der Waals surface area contributed by atoms with Crippen LogP contribution in [0.25, 0.3) is 22.2 Å². The lowest BCUT2D eigenvalue weighted by Gasteiger charge is -2.13. The van der Waals surface area contributed by atoms with Crippen LogP contribution < -0.4 is 14.2 Å². The van der Waals surface area contributed by atoms with Gasteiger partial charge in [-0.2, -0.15) is 0 Å². The Hall–Kier alpha value is -4.11. The fourth-order valence-electron chi connectivity index (χ4n) is 3.30. The highest BCUT2D eigenvalue weighted by Crippen LogP contribution is 2.32. The monoisotopic (exact) mass is 478 g/mol. The van der Waals surface area contributed by atoms with Gasteiger partial charge in [-0.25, -0.2) is 18.2 Å². The number of anilines is 1. The second-order valence-electron chi connectivity index (χ2n) is 7.25. The highest BCUT2D eigenvalue weighted by molar-refractivity contribution is 7.92. The zero-order valence-electron chi connectivity index (χ0n) is 18.5. The Morgan fingerprint density at radius 2 is 1.68 bits per heavy atom. The Kier molecular flexibility index (Phi) is 6.65. The number of carbonyl (C=O) groups excluding carboxylic acids is 1. The van der Waals surface area contributed by atoms with Crippen molar-refractivity contribution in [1.82, 2.24) is 4.98 Å². The summed E-state index contributed by atoms with van der Waals surface area (Å²) in [6, 6.07) is 22.2. The smallest absolute Gasteiger partial charge is 0.343 e. The lowest BCUT2D eigenvalue weighted by atomic mass is 10.1. The summed E-state index contributed by atoms with van der Waals surface area (Å²) in [6.45, 7) is -0.300. The average Bonchev–Trinajstić information content (AvgIpc) is 2.87. The molecule has 4 rings (SSSR count). The summed E-state index contributed by atoms with van der Waals surface area (Å²) in [5.74, 6) is 0.389. The highest BCUT2D eigenvalue weighted by atomic mass is 32.2. The summed E-state index contributed by atoms with van der Waals surface area (Å²) >= 11 is 0. The Labute approximate surface area is 197 Å². The number of fused-ring (bicyclic) bond motifs is 1. The van der Waals surface area contributed by atoms with Gasteiger partial charge >= 0.3 is 5.97 Å². The van der Waals surface area contributed by atoms with Gasteiger partial charge in [0.1, 0.15) is 11.5 Å². The maximum Gasteiger partial charge on any atom is 0.343 e. The van der Waals surface area contributed by atoms with Crippen LogP contribution in [-0.4, -0.2) is 40.2 Å². The van der Waals surface area contributed by atoms with Crippen molar-refractivity contribution >= 4 is 32.6 Å². The summed E-state index contributed by atoms with van der Waals surface area (Å²) in [5.41, 5.74) is 2.42. The van der Waals surface area contributed by atoms with Gasteiger partial charge in [0, 0.05) is 22.7 Å². The Bertz CT molecular complexity index is 1420. The van der Waals surface area contributed by atoms with Crippen molar-refractivity contribution in [3.8, 4) is 22.8 Å². The molecule has 4 aromatic rings. The van der Waals surface area contributed by atoms with E-state index in [2.05, 4.69) is 14.4 Å². The van der Waals surface area contributed by atoms with E-state index in [9.17, 15) is 13.2 Å². The van der Waals surface area contributed by atoms with Crippen molar-refractivity contribution in [2.24, 2.45) is 0 Å². The first kappa shape index (κ1) is 23.1. The standard InChI is InChI=1S/C25H22N2O6S/c1-31-19-9-11-20(12-10-19)34(29,30)27-18-8-13-22-21(14-18)24(33-16-25(28)32-2)15-23(26-22)17-6-4-3-5-7-17/h3-15,27H,16H2,1-2H3. The molecular weight excluding hydrogens is 456 g/mol. The molecular formula is C25H22N2O6S. The van der Waals surface area contributed by atoms with Gasteiger partial charge in [-0.3, -0.25) is 4.72 Å². The fraction of sp³-hybridized carbons (Fsp3) is 0.120. The molecule has 0 aliphatic rings. The maximum absolute atomic E-state index is 12.9. The van der Waals surface area contributed by atoms with Crippen molar-refractivity contribution in [2.45, 2.75) is 4.90 Å². The van der Waals surface area contributed by atoms with Crippen LogP contribution >= 0.6 is 0 Å². The van der Waals surface area contributed by atoms with Crippen LogP contribution in [0.3, 0.4) is 0 Å². The molecule has 0 spiro atoms. The second kappa shape index (κ2) is 9.80. The van der Waals surface area contributed by atoms with E-state index in [1.54, 1.807) is 36.4 Å². The third kappa shape index (κ3) is 5.10. The normalized spacial score (nSPS) is 11.1. The minimum absolute atomic E-state index is 0.0908. The first-order valence-corrected chi connectivity index (χ1v) is 11.7. The molecule has 1 N–H and O–H groups in total. The van der Waals surface area contributed by atoms with Crippen LogP contribution in [-0.2, 0) is 19.6 Å². The number of sulfonamides is 1. The molecule has 3 aromatic carbocycles. The Morgan fingerprint density at radius 3 is 2.35 bits per heavy atom. The van der Waals surface area contributed by atoms with E-state index >= 15 is 0 Å². The Morgan fingerprint density at radius 1 is 0.941 bits per heavy atom. The van der Waals surface area contributed by atoms with E-state index in [0.717, 1.165) is 5.56 Å². The number of carbonyl (C=O) groups is 1. The molecule has 0 saturated heterocycles. The van der Waals surface area contributed by atoms with E-state index in [4.69, 9.17) is 9.47 Å². The zero-order valence-corrected chi connectivity index (χ0v) is 19.3. The maximum atomic E-state index is 12.9.